The second-order valence-electron chi connectivity index (χ2n) is 4.73. The smallest absolute Gasteiger partial charge is 0.0700 e. The molecule has 1 aromatic rings. The predicted molar refractivity (Wildman–Crippen MR) is 81.1 cm³/mol. The van der Waals surface area contributed by atoms with Crippen LogP contribution in [0.25, 0.3) is 0 Å². The number of ether oxygens (including phenoxy) is 3. The van der Waals surface area contributed by atoms with Crippen LogP contribution in [0.4, 0.5) is 0 Å². The molecule has 0 bridgehead atoms. The van der Waals surface area contributed by atoms with Gasteiger partial charge in [-0.1, -0.05) is 24.3 Å². The van der Waals surface area contributed by atoms with E-state index in [1.54, 1.807) is 7.11 Å². The van der Waals surface area contributed by atoms with Crippen LogP contribution < -0.4 is 5.32 Å². The lowest BCUT2D eigenvalue weighted by Gasteiger charge is -2.19. The summed E-state index contributed by atoms with van der Waals surface area (Å²) in [5, 5.41) is 3.31. The molecule has 0 radical (unpaired) electrons. The first kappa shape index (κ1) is 17.1. The second-order valence-corrected chi connectivity index (χ2v) is 4.73. The first-order valence-electron chi connectivity index (χ1n) is 7.16. The quantitative estimate of drug-likeness (QED) is 0.632. The molecule has 0 saturated heterocycles. The first-order valence-corrected chi connectivity index (χ1v) is 7.16. The number of hydrogen-bond donors (Lipinski definition) is 1. The number of hydrogen-bond acceptors (Lipinski definition) is 4. The minimum absolute atomic E-state index is 0.241. The molecule has 4 heteroatoms. The number of rotatable bonds is 11. The molecule has 0 aliphatic carbocycles. The topological polar surface area (TPSA) is 39.7 Å². The molecule has 1 atom stereocenters. The van der Waals surface area contributed by atoms with Crippen molar-refractivity contribution >= 4 is 0 Å². The lowest BCUT2D eigenvalue weighted by molar-refractivity contribution is 0.0477. The van der Waals surface area contributed by atoms with Crippen LogP contribution >= 0.6 is 0 Å². The molecule has 0 aliphatic rings. The van der Waals surface area contributed by atoms with Gasteiger partial charge in [0.15, 0.2) is 0 Å². The van der Waals surface area contributed by atoms with E-state index in [2.05, 4.69) is 36.5 Å². The third kappa shape index (κ3) is 6.48. The lowest BCUT2D eigenvalue weighted by atomic mass is 10.0. The summed E-state index contributed by atoms with van der Waals surface area (Å²) in [5.41, 5.74) is 2.59. The number of benzene rings is 1. The summed E-state index contributed by atoms with van der Waals surface area (Å²) in [5.74, 6) is 0. The van der Waals surface area contributed by atoms with Crippen LogP contribution in [-0.4, -0.2) is 47.2 Å². The van der Waals surface area contributed by atoms with Crippen molar-refractivity contribution in [1.29, 1.82) is 0 Å². The Balaban J connectivity index is 2.18. The summed E-state index contributed by atoms with van der Waals surface area (Å²) in [6.45, 7) is 5.55. The fourth-order valence-corrected chi connectivity index (χ4v) is 2.01. The van der Waals surface area contributed by atoms with E-state index < -0.39 is 0 Å². The Bertz CT molecular complexity index is 357. The van der Waals surface area contributed by atoms with Crippen LogP contribution in [0.3, 0.4) is 0 Å². The minimum atomic E-state index is 0.241. The van der Waals surface area contributed by atoms with E-state index in [9.17, 15) is 0 Å². The number of aryl methyl sites for hydroxylation is 1. The molecular formula is C16H27NO3. The highest BCUT2D eigenvalue weighted by molar-refractivity contribution is 5.28. The molecule has 1 rings (SSSR count). The van der Waals surface area contributed by atoms with Crippen molar-refractivity contribution in [3.8, 4) is 0 Å². The normalized spacial score (nSPS) is 12.6. The van der Waals surface area contributed by atoms with Crippen molar-refractivity contribution in [2.75, 3.05) is 47.2 Å². The minimum Gasteiger partial charge on any atom is -0.382 e. The fourth-order valence-electron chi connectivity index (χ4n) is 2.01. The second kappa shape index (κ2) is 10.8. The monoisotopic (exact) mass is 281 g/mol. The maximum absolute atomic E-state index is 5.73. The van der Waals surface area contributed by atoms with Gasteiger partial charge in [-0.05, 0) is 31.5 Å². The first-order chi connectivity index (χ1) is 9.79. The summed E-state index contributed by atoms with van der Waals surface area (Å²) in [4.78, 5) is 0. The van der Waals surface area contributed by atoms with Crippen LogP contribution in [0.2, 0.25) is 0 Å². The van der Waals surface area contributed by atoms with E-state index in [-0.39, 0.29) is 6.04 Å². The number of methoxy groups -OCH3 is 1. The highest BCUT2D eigenvalue weighted by atomic mass is 16.5. The average molecular weight is 281 g/mol. The van der Waals surface area contributed by atoms with Crippen LogP contribution in [0.5, 0.6) is 0 Å². The molecule has 0 aromatic heterocycles. The van der Waals surface area contributed by atoms with E-state index in [1.807, 2.05) is 7.05 Å². The molecule has 0 aliphatic heterocycles. The Morgan fingerprint density at radius 2 is 1.80 bits per heavy atom. The largest absolute Gasteiger partial charge is 0.382 e. The molecular weight excluding hydrogens is 254 g/mol. The average Bonchev–Trinajstić information content (AvgIpc) is 2.47. The van der Waals surface area contributed by atoms with Crippen molar-refractivity contribution in [2.45, 2.75) is 19.4 Å². The molecule has 0 fully saturated rings. The van der Waals surface area contributed by atoms with Gasteiger partial charge in [0.25, 0.3) is 0 Å². The van der Waals surface area contributed by atoms with E-state index in [0.717, 1.165) is 19.6 Å². The summed E-state index contributed by atoms with van der Waals surface area (Å²) in [6, 6.07) is 8.64. The third-order valence-corrected chi connectivity index (χ3v) is 3.21. The molecule has 4 nitrogen and oxygen atoms in total. The molecule has 1 aromatic carbocycles. The molecule has 20 heavy (non-hydrogen) atoms. The molecule has 0 saturated carbocycles. The van der Waals surface area contributed by atoms with Gasteiger partial charge in [-0.2, -0.15) is 0 Å². The van der Waals surface area contributed by atoms with Crippen molar-refractivity contribution in [1.82, 2.24) is 5.32 Å². The number of likely N-dealkylation sites (N-methyl/N-ethyl adjacent to an activating group) is 1. The van der Waals surface area contributed by atoms with Crippen molar-refractivity contribution in [3.63, 3.8) is 0 Å². The Morgan fingerprint density at radius 1 is 1.05 bits per heavy atom. The Hall–Kier alpha value is -0.940. The number of nitrogens with one attached hydrogen (secondary N) is 1. The standard InChI is InChI=1S/C16H27NO3/c1-14-7-4-5-8-15(14)16(17-2)13-20-10-6-9-19-12-11-18-3/h4-5,7-8,16-17H,6,9-13H2,1-3H3. The maximum atomic E-state index is 5.73. The highest BCUT2D eigenvalue weighted by Gasteiger charge is 2.10. The SMILES string of the molecule is CNC(COCCCOCCOC)c1ccccc1C. The molecule has 0 spiro atoms. The zero-order chi connectivity index (χ0) is 14.6. The van der Waals surface area contributed by atoms with Gasteiger partial charge in [-0.25, -0.2) is 0 Å². The zero-order valence-corrected chi connectivity index (χ0v) is 12.9. The van der Waals surface area contributed by atoms with Gasteiger partial charge in [0, 0.05) is 20.3 Å². The van der Waals surface area contributed by atoms with Crippen LogP contribution in [0.1, 0.15) is 23.6 Å². The van der Waals surface area contributed by atoms with Gasteiger partial charge in [-0.15, -0.1) is 0 Å². The van der Waals surface area contributed by atoms with Crippen molar-refractivity contribution in [3.05, 3.63) is 35.4 Å². The van der Waals surface area contributed by atoms with Crippen LogP contribution in [0, 0.1) is 6.92 Å². The Labute approximate surface area is 122 Å². The third-order valence-electron chi connectivity index (χ3n) is 3.21. The molecule has 0 heterocycles. The van der Waals surface area contributed by atoms with E-state index >= 15 is 0 Å². The van der Waals surface area contributed by atoms with E-state index in [4.69, 9.17) is 14.2 Å². The summed E-state index contributed by atoms with van der Waals surface area (Å²) in [6.07, 6.45) is 0.911. The Morgan fingerprint density at radius 3 is 2.50 bits per heavy atom. The van der Waals surface area contributed by atoms with Crippen molar-refractivity contribution < 1.29 is 14.2 Å². The van der Waals surface area contributed by atoms with Gasteiger partial charge in [-0.3, -0.25) is 0 Å². The van der Waals surface area contributed by atoms with Gasteiger partial charge < -0.3 is 19.5 Å². The van der Waals surface area contributed by atoms with Gasteiger partial charge >= 0.3 is 0 Å². The molecule has 114 valence electrons. The summed E-state index contributed by atoms with van der Waals surface area (Å²) >= 11 is 0. The predicted octanol–water partition coefficient (Wildman–Crippen LogP) is 2.33. The van der Waals surface area contributed by atoms with E-state index in [0.29, 0.717) is 19.8 Å². The summed E-state index contributed by atoms with van der Waals surface area (Å²) in [7, 11) is 3.64. The van der Waals surface area contributed by atoms with Crippen LogP contribution in [-0.2, 0) is 14.2 Å². The Kier molecular flexibility index (Phi) is 9.24. The fraction of sp³-hybridized carbons (Fsp3) is 0.625. The van der Waals surface area contributed by atoms with Gasteiger partial charge in [0.2, 0.25) is 0 Å². The van der Waals surface area contributed by atoms with E-state index in [1.165, 1.54) is 11.1 Å². The molecule has 1 unspecified atom stereocenters. The molecule has 1 N–H and O–H groups in total. The van der Waals surface area contributed by atoms with Gasteiger partial charge in [0.1, 0.15) is 0 Å². The van der Waals surface area contributed by atoms with Crippen LogP contribution in [0.15, 0.2) is 24.3 Å². The van der Waals surface area contributed by atoms with Crippen molar-refractivity contribution in [2.24, 2.45) is 0 Å². The highest BCUT2D eigenvalue weighted by Crippen LogP contribution is 2.17. The maximum Gasteiger partial charge on any atom is 0.0700 e. The molecule has 0 amide bonds. The summed E-state index contributed by atoms with van der Waals surface area (Å²) < 4.78 is 16.0. The zero-order valence-electron chi connectivity index (χ0n) is 12.9. The van der Waals surface area contributed by atoms with Gasteiger partial charge in [0.05, 0.1) is 25.9 Å². The lowest BCUT2D eigenvalue weighted by Crippen LogP contribution is -2.23.